The second kappa shape index (κ2) is 6.22. The maximum absolute atomic E-state index is 13.4. The second-order valence-corrected chi connectivity index (χ2v) is 4.98. The van der Waals surface area contributed by atoms with E-state index in [0.29, 0.717) is 12.5 Å². The Morgan fingerprint density at radius 3 is 2.70 bits per heavy atom. The molecular formula is C14H14ClFO4. The van der Waals surface area contributed by atoms with Crippen molar-refractivity contribution >= 4 is 23.4 Å². The van der Waals surface area contributed by atoms with Crippen molar-refractivity contribution in [3.8, 4) is 5.75 Å². The van der Waals surface area contributed by atoms with Gasteiger partial charge in [0.15, 0.2) is 0 Å². The van der Waals surface area contributed by atoms with Crippen LogP contribution in [0.5, 0.6) is 5.75 Å². The minimum Gasteiger partial charge on any atom is -0.491 e. The lowest BCUT2D eigenvalue weighted by Crippen LogP contribution is -2.19. The fourth-order valence-electron chi connectivity index (χ4n) is 1.67. The van der Waals surface area contributed by atoms with Gasteiger partial charge in [0.2, 0.25) is 0 Å². The van der Waals surface area contributed by atoms with Crippen LogP contribution in [-0.4, -0.2) is 25.0 Å². The maximum atomic E-state index is 13.4. The summed E-state index contributed by atoms with van der Waals surface area (Å²) in [6.45, 7) is 2.04. The van der Waals surface area contributed by atoms with E-state index in [0.717, 1.165) is 25.0 Å². The lowest BCUT2D eigenvalue weighted by molar-refractivity contribution is -0.137. The molecular weight excluding hydrogens is 287 g/mol. The first-order valence-electron chi connectivity index (χ1n) is 6.36. The molecule has 0 aromatic heterocycles. The van der Waals surface area contributed by atoms with Crippen molar-refractivity contribution < 1.29 is 23.5 Å². The van der Waals surface area contributed by atoms with Gasteiger partial charge in [-0.25, -0.2) is 9.18 Å². The second-order valence-electron chi connectivity index (χ2n) is 4.57. The summed E-state index contributed by atoms with van der Waals surface area (Å²) in [6.07, 6.45) is 2.11. The highest BCUT2D eigenvalue weighted by atomic mass is 35.5. The molecule has 0 heterocycles. The highest BCUT2D eigenvalue weighted by Gasteiger charge is 2.27. The summed E-state index contributed by atoms with van der Waals surface area (Å²) >= 11 is 5.90. The van der Waals surface area contributed by atoms with Gasteiger partial charge in [-0.2, -0.15) is 0 Å². The number of carbonyl (C=O) groups is 2. The summed E-state index contributed by atoms with van der Waals surface area (Å²) in [4.78, 5) is 23.4. The Morgan fingerprint density at radius 2 is 2.10 bits per heavy atom. The van der Waals surface area contributed by atoms with Gasteiger partial charge in [-0.1, -0.05) is 11.6 Å². The molecule has 0 aliphatic heterocycles. The summed E-state index contributed by atoms with van der Waals surface area (Å²) < 4.78 is 23.5. The number of ether oxygens (including phenoxy) is 2. The van der Waals surface area contributed by atoms with Gasteiger partial charge in [0.05, 0.1) is 23.8 Å². The molecule has 0 saturated heterocycles. The number of halogens is 2. The number of esters is 1. The molecule has 0 atom stereocenters. The Balaban J connectivity index is 2.27. The van der Waals surface area contributed by atoms with E-state index in [1.54, 1.807) is 6.92 Å². The third-order valence-electron chi connectivity index (χ3n) is 2.87. The van der Waals surface area contributed by atoms with Crippen LogP contribution < -0.4 is 4.74 Å². The molecule has 4 nitrogen and oxygen atoms in total. The zero-order valence-corrected chi connectivity index (χ0v) is 11.7. The molecule has 1 fully saturated rings. The van der Waals surface area contributed by atoms with Gasteiger partial charge >= 0.3 is 5.97 Å². The van der Waals surface area contributed by atoms with E-state index in [1.165, 1.54) is 0 Å². The van der Waals surface area contributed by atoms with Crippen molar-refractivity contribution in [3.63, 3.8) is 0 Å². The Kier molecular flexibility index (Phi) is 4.60. The molecule has 1 aromatic rings. The number of ketones is 1. The van der Waals surface area contributed by atoms with E-state index in [4.69, 9.17) is 16.3 Å². The number of hydrogen-bond donors (Lipinski definition) is 0. The summed E-state index contributed by atoms with van der Waals surface area (Å²) in [6, 6.07) is 1.99. The molecule has 1 aliphatic rings. The van der Waals surface area contributed by atoms with E-state index in [1.807, 2.05) is 0 Å². The molecule has 0 amide bonds. The summed E-state index contributed by atoms with van der Waals surface area (Å²) in [5.74, 6) is -2.24. The van der Waals surface area contributed by atoms with Gasteiger partial charge in [-0.05, 0) is 37.8 Å². The summed E-state index contributed by atoms with van der Waals surface area (Å²) in [5.41, 5.74) is -0.200. The van der Waals surface area contributed by atoms with Crippen molar-refractivity contribution in [2.75, 3.05) is 13.2 Å². The topological polar surface area (TPSA) is 52.6 Å². The van der Waals surface area contributed by atoms with Gasteiger partial charge in [0, 0.05) is 0 Å². The van der Waals surface area contributed by atoms with Crippen molar-refractivity contribution in [2.45, 2.75) is 19.8 Å². The average Bonchev–Trinajstić information content (AvgIpc) is 3.20. The lowest BCUT2D eigenvalue weighted by Gasteiger charge is -2.12. The van der Waals surface area contributed by atoms with Crippen LogP contribution in [0.4, 0.5) is 4.39 Å². The van der Waals surface area contributed by atoms with E-state index in [-0.39, 0.29) is 22.9 Å². The first-order chi connectivity index (χ1) is 9.52. The van der Waals surface area contributed by atoms with Crippen LogP contribution in [0.2, 0.25) is 5.02 Å². The number of Topliss-reactive ketones (excluding diaryl/α,β-unsaturated/α-hetero) is 1. The van der Waals surface area contributed by atoms with Gasteiger partial charge < -0.3 is 9.47 Å². The molecule has 0 N–H and O–H groups in total. The van der Waals surface area contributed by atoms with Crippen LogP contribution in [0.3, 0.4) is 0 Å². The van der Waals surface area contributed by atoms with Crippen molar-refractivity contribution in [3.05, 3.63) is 28.5 Å². The van der Waals surface area contributed by atoms with Gasteiger partial charge in [-0.3, -0.25) is 4.79 Å². The molecule has 0 spiro atoms. The highest BCUT2D eigenvalue weighted by molar-refractivity contribution is 6.42. The minimum atomic E-state index is -1.05. The predicted octanol–water partition coefficient (Wildman–Crippen LogP) is 3.01. The van der Waals surface area contributed by atoms with Crippen LogP contribution in [0.15, 0.2) is 12.1 Å². The van der Waals surface area contributed by atoms with Crippen molar-refractivity contribution in [2.24, 2.45) is 5.92 Å². The standard InChI is InChI=1S/C14H14ClFO4/c1-2-19-14(18)12(17)10-5-9(16)6-11(15)13(10)20-7-8-3-4-8/h5-6,8H,2-4,7H2,1H3. The minimum absolute atomic E-state index is 0.0294. The normalized spacial score (nSPS) is 13.9. The molecule has 2 rings (SSSR count). The Hall–Kier alpha value is -1.62. The lowest BCUT2D eigenvalue weighted by atomic mass is 10.1. The Labute approximate surface area is 120 Å². The molecule has 1 saturated carbocycles. The molecule has 0 unspecified atom stereocenters. The van der Waals surface area contributed by atoms with E-state index < -0.39 is 17.6 Å². The number of rotatable bonds is 6. The Bertz CT molecular complexity index is 540. The highest BCUT2D eigenvalue weighted by Crippen LogP contribution is 2.34. The first kappa shape index (κ1) is 14.8. The van der Waals surface area contributed by atoms with Crippen LogP contribution >= 0.6 is 11.6 Å². The first-order valence-corrected chi connectivity index (χ1v) is 6.74. The van der Waals surface area contributed by atoms with Gasteiger partial charge in [0.25, 0.3) is 5.78 Å². The summed E-state index contributed by atoms with van der Waals surface area (Å²) in [7, 11) is 0. The van der Waals surface area contributed by atoms with Crippen LogP contribution in [0, 0.1) is 11.7 Å². The van der Waals surface area contributed by atoms with Gasteiger partial charge in [-0.15, -0.1) is 0 Å². The molecule has 0 bridgehead atoms. The van der Waals surface area contributed by atoms with E-state index in [2.05, 4.69) is 4.74 Å². The molecule has 0 radical (unpaired) electrons. The third kappa shape index (κ3) is 3.48. The predicted molar refractivity (Wildman–Crippen MR) is 70.6 cm³/mol. The molecule has 108 valence electrons. The zero-order valence-electron chi connectivity index (χ0n) is 10.9. The SMILES string of the molecule is CCOC(=O)C(=O)c1cc(F)cc(Cl)c1OCC1CC1. The number of hydrogen-bond acceptors (Lipinski definition) is 4. The maximum Gasteiger partial charge on any atom is 0.379 e. The van der Waals surface area contributed by atoms with Crippen LogP contribution in [0.25, 0.3) is 0 Å². The third-order valence-corrected chi connectivity index (χ3v) is 3.15. The monoisotopic (exact) mass is 300 g/mol. The summed E-state index contributed by atoms with van der Waals surface area (Å²) in [5, 5.41) is -0.0294. The van der Waals surface area contributed by atoms with E-state index in [9.17, 15) is 14.0 Å². The molecule has 1 aliphatic carbocycles. The Morgan fingerprint density at radius 1 is 1.40 bits per heavy atom. The fraction of sp³-hybridized carbons (Fsp3) is 0.429. The van der Waals surface area contributed by atoms with Crippen LogP contribution in [0.1, 0.15) is 30.1 Å². The van der Waals surface area contributed by atoms with Crippen molar-refractivity contribution in [1.82, 2.24) is 0 Å². The zero-order chi connectivity index (χ0) is 14.7. The van der Waals surface area contributed by atoms with Crippen LogP contribution in [-0.2, 0) is 9.53 Å². The fourth-order valence-corrected chi connectivity index (χ4v) is 1.93. The largest absolute Gasteiger partial charge is 0.491 e. The van der Waals surface area contributed by atoms with Gasteiger partial charge in [0.1, 0.15) is 11.6 Å². The number of carbonyl (C=O) groups excluding carboxylic acids is 2. The smallest absolute Gasteiger partial charge is 0.379 e. The quantitative estimate of drug-likeness (QED) is 0.460. The van der Waals surface area contributed by atoms with E-state index >= 15 is 0 Å². The molecule has 6 heteroatoms. The molecule has 1 aromatic carbocycles. The number of benzene rings is 1. The van der Waals surface area contributed by atoms with Crippen molar-refractivity contribution in [1.29, 1.82) is 0 Å². The molecule has 20 heavy (non-hydrogen) atoms. The average molecular weight is 301 g/mol.